The Kier molecular flexibility index (Phi) is 4.06. The molecule has 0 aromatic heterocycles. The van der Waals surface area contributed by atoms with Gasteiger partial charge in [0, 0.05) is 13.1 Å². The largest absolute Gasteiger partial charge is 0.368 e. The van der Waals surface area contributed by atoms with E-state index in [4.69, 9.17) is 11.5 Å². The Labute approximate surface area is 89.6 Å². The van der Waals surface area contributed by atoms with Crippen LogP contribution in [0.1, 0.15) is 19.3 Å². The van der Waals surface area contributed by atoms with E-state index in [-0.39, 0.29) is 12.3 Å². The van der Waals surface area contributed by atoms with E-state index in [1.165, 1.54) is 4.31 Å². The molecule has 0 aliphatic carbocycles. The molecule has 4 N–H and O–H groups in total. The third-order valence-electron chi connectivity index (χ3n) is 2.52. The van der Waals surface area contributed by atoms with Gasteiger partial charge < -0.3 is 11.5 Å². The topological polar surface area (TPSA) is 106 Å². The maximum Gasteiger partial charge on any atom is 0.235 e. The monoisotopic (exact) mass is 235 g/mol. The number of piperidine rings is 1. The number of nitrogens with zero attached hydrogens (tertiary/aromatic N) is 1. The molecule has 1 rings (SSSR count). The van der Waals surface area contributed by atoms with Crippen molar-refractivity contribution in [2.45, 2.75) is 25.3 Å². The van der Waals surface area contributed by atoms with E-state index in [2.05, 4.69) is 0 Å². The zero-order valence-corrected chi connectivity index (χ0v) is 9.37. The molecule has 0 radical (unpaired) electrons. The van der Waals surface area contributed by atoms with E-state index in [0.29, 0.717) is 13.0 Å². The molecule has 0 spiro atoms. The minimum absolute atomic E-state index is 0.0598. The molecule has 7 heteroatoms. The van der Waals surface area contributed by atoms with Gasteiger partial charge in [0.1, 0.15) is 6.04 Å². The molecule has 88 valence electrons. The van der Waals surface area contributed by atoms with Crippen LogP contribution in [0.3, 0.4) is 0 Å². The molecule has 1 unspecified atom stereocenters. The van der Waals surface area contributed by atoms with Crippen molar-refractivity contribution < 1.29 is 13.2 Å². The van der Waals surface area contributed by atoms with Crippen molar-refractivity contribution in [2.24, 2.45) is 11.5 Å². The van der Waals surface area contributed by atoms with Gasteiger partial charge in [-0.25, -0.2) is 8.42 Å². The van der Waals surface area contributed by atoms with Crippen LogP contribution < -0.4 is 11.5 Å². The lowest BCUT2D eigenvalue weighted by Crippen LogP contribution is -2.51. The van der Waals surface area contributed by atoms with Crippen LogP contribution in [0.2, 0.25) is 0 Å². The minimum atomic E-state index is -3.42. The zero-order valence-electron chi connectivity index (χ0n) is 8.55. The van der Waals surface area contributed by atoms with Crippen molar-refractivity contribution in [3.63, 3.8) is 0 Å². The first-order valence-electron chi connectivity index (χ1n) is 4.98. The van der Waals surface area contributed by atoms with E-state index in [1.807, 2.05) is 0 Å². The van der Waals surface area contributed by atoms with Crippen LogP contribution in [0.4, 0.5) is 0 Å². The highest BCUT2D eigenvalue weighted by atomic mass is 32.2. The highest BCUT2D eigenvalue weighted by molar-refractivity contribution is 7.89. The molecule has 6 nitrogen and oxygen atoms in total. The van der Waals surface area contributed by atoms with E-state index in [0.717, 1.165) is 12.8 Å². The highest BCUT2D eigenvalue weighted by Crippen LogP contribution is 2.20. The number of amides is 1. The third kappa shape index (κ3) is 2.90. The van der Waals surface area contributed by atoms with Gasteiger partial charge >= 0.3 is 0 Å². The maximum absolute atomic E-state index is 11.7. The molecule has 0 saturated carbocycles. The Hall–Kier alpha value is -0.660. The number of nitrogens with two attached hydrogens (primary N) is 2. The molecular weight excluding hydrogens is 218 g/mol. The lowest BCUT2D eigenvalue weighted by molar-refractivity contribution is -0.122. The van der Waals surface area contributed by atoms with Gasteiger partial charge in [0.15, 0.2) is 0 Å². The number of primary amides is 1. The van der Waals surface area contributed by atoms with Gasteiger partial charge in [-0.2, -0.15) is 4.31 Å². The number of sulfonamides is 1. The molecule has 1 atom stereocenters. The molecular formula is C8H17N3O3S. The maximum atomic E-state index is 11.7. The summed E-state index contributed by atoms with van der Waals surface area (Å²) in [6, 6.07) is -0.685. The quantitative estimate of drug-likeness (QED) is 0.626. The van der Waals surface area contributed by atoms with E-state index >= 15 is 0 Å². The van der Waals surface area contributed by atoms with Crippen molar-refractivity contribution in [2.75, 3.05) is 18.8 Å². The SMILES string of the molecule is NCCS(=O)(=O)N1CCCCC1C(N)=O. The Bertz CT molecular complexity index is 328. The second-order valence-corrected chi connectivity index (χ2v) is 5.67. The number of hydrogen-bond donors (Lipinski definition) is 2. The van der Waals surface area contributed by atoms with Crippen LogP contribution >= 0.6 is 0 Å². The summed E-state index contributed by atoms with van der Waals surface area (Å²) >= 11 is 0. The van der Waals surface area contributed by atoms with Crippen molar-refractivity contribution in [3.05, 3.63) is 0 Å². The first-order chi connectivity index (χ1) is 6.99. The van der Waals surface area contributed by atoms with Crippen LogP contribution in [0, 0.1) is 0 Å². The average molecular weight is 235 g/mol. The van der Waals surface area contributed by atoms with Crippen LogP contribution in [-0.2, 0) is 14.8 Å². The second-order valence-electron chi connectivity index (χ2n) is 3.63. The Morgan fingerprint density at radius 3 is 2.60 bits per heavy atom. The lowest BCUT2D eigenvalue weighted by Gasteiger charge is -2.32. The highest BCUT2D eigenvalue weighted by Gasteiger charge is 2.34. The van der Waals surface area contributed by atoms with Gasteiger partial charge in [-0.05, 0) is 12.8 Å². The third-order valence-corrected chi connectivity index (χ3v) is 4.42. The predicted octanol–water partition coefficient (Wildman–Crippen LogP) is -1.39. The molecule has 0 aromatic rings. The normalized spacial score (nSPS) is 23.9. The molecule has 1 aliphatic rings. The number of rotatable bonds is 4. The summed E-state index contributed by atoms with van der Waals surface area (Å²) < 4.78 is 24.7. The summed E-state index contributed by atoms with van der Waals surface area (Å²) in [5.74, 6) is -0.702. The fourth-order valence-electron chi connectivity index (χ4n) is 1.79. The molecule has 1 heterocycles. The van der Waals surface area contributed by atoms with Gasteiger partial charge in [0.05, 0.1) is 5.75 Å². The van der Waals surface area contributed by atoms with Crippen molar-refractivity contribution >= 4 is 15.9 Å². The first-order valence-corrected chi connectivity index (χ1v) is 6.59. The van der Waals surface area contributed by atoms with Crippen LogP contribution in [-0.4, -0.2) is 43.5 Å². The summed E-state index contributed by atoms with van der Waals surface area (Å²) in [6.45, 7) is 0.431. The second kappa shape index (κ2) is 4.91. The number of carbonyl (C=O) groups is 1. The summed E-state index contributed by atoms with van der Waals surface area (Å²) in [5, 5.41) is 0. The smallest absolute Gasteiger partial charge is 0.235 e. The van der Waals surface area contributed by atoms with E-state index in [1.54, 1.807) is 0 Å². The van der Waals surface area contributed by atoms with Gasteiger partial charge in [0.25, 0.3) is 0 Å². The first kappa shape index (κ1) is 12.4. The molecule has 0 bridgehead atoms. The fraction of sp³-hybridized carbons (Fsp3) is 0.875. The molecule has 0 aromatic carbocycles. The zero-order chi connectivity index (χ0) is 11.5. The van der Waals surface area contributed by atoms with Crippen LogP contribution in [0.5, 0.6) is 0 Å². The van der Waals surface area contributed by atoms with Crippen molar-refractivity contribution in [3.8, 4) is 0 Å². The fourth-order valence-corrected chi connectivity index (χ4v) is 3.33. The summed E-state index contributed by atoms with van der Waals surface area (Å²) in [6.07, 6.45) is 2.12. The van der Waals surface area contributed by atoms with E-state index < -0.39 is 22.0 Å². The molecule has 1 aliphatic heterocycles. The van der Waals surface area contributed by atoms with Gasteiger partial charge in [0.2, 0.25) is 15.9 Å². The standard InChI is InChI=1S/C8H17N3O3S/c9-4-6-15(13,14)11-5-2-1-3-7(11)8(10)12/h7H,1-6,9H2,(H2,10,12). The van der Waals surface area contributed by atoms with Crippen LogP contribution in [0.15, 0.2) is 0 Å². The predicted molar refractivity (Wildman–Crippen MR) is 56.4 cm³/mol. The minimum Gasteiger partial charge on any atom is -0.368 e. The Morgan fingerprint density at radius 1 is 1.40 bits per heavy atom. The molecule has 1 fully saturated rings. The summed E-state index contributed by atoms with van der Waals surface area (Å²) in [5.41, 5.74) is 10.4. The summed E-state index contributed by atoms with van der Waals surface area (Å²) in [4.78, 5) is 11.1. The van der Waals surface area contributed by atoms with E-state index in [9.17, 15) is 13.2 Å². The van der Waals surface area contributed by atoms with Crippen molar-refractivity contribution in [1.82, 2.24) is 4.31 Å². The van der Waals surface area contributed by atoms with Crippen molar-refractivity contribution in [1.29, 1.82) is 0 Å². The lowest BCUT2D eigenvalue weighted by atomic mass is 10.0. The average Bonchev–Trinajstić information content (AvgIpc) is 2.17. The molecule has 15 heavy (non-hydrogen) atoms. The number of hydrogen-bond acceptors (Lipinski definition) is 4. The van der Waals surface area contributed by atoms with Gasteiger partial charge in [-0.3, -0.25) is 4.79 Å². The Morgan fingerprint density at radius 2 is 2.07 bits per heavy atom. The summed E-state index contributed by atoms with van der Waals surface area (Å²) in [7, 11) is -3.42. The van der Waals surface area contributed by atoms with Gasteiger partial charge in [-0.15, -0.1) is 0 Å². The molecule has 1 saturated heterocycles. The Balaban J connectivity index is 2.85. The van der Waals surface area contributed by atoms with Gasteiger partial charge in [-0.1, -0.05) is 6.42 Å². The van der Waals surface area contributed by atoms with Crippen LogP contribution in [0.25, 0.3) is 0 Å². The molecule has 1 amide bonds. The number of carbonyl (C=O) groups excluding carboxylic acids is 1.